The molecule has 7 heteroatoms. The number of para-hydroxylation sites is 1. The summed E-state index contributed by atoms with van der Waals surface area (Å²) in [7, 11) is 0. The van der Waals surface area contributed by atoms with Crippen LogP contribution in [0.25, 0.3) is 22.0 Å². The maximum Gasteiger partial charge on any atom is 0.282 e. The molecule has 5 aromatic rings. The highest BCUT2D eigenvalue weighted by Crippen LogP contribution is 2.31. The number of benzene rings is 3. The molecule has 0 amide bonds. The second kappa shape index (κ2) is 8.53. The van der Waals surface area contributed by atoms with Crippen molar-refractivity contribution in [1.82, 2.24) is 13.9 Å². The van der Waals surface area contributed by atoms with Gasteiger partial charge in [0.15, 0.2) is 0 Å². The Morgan fingerprint density at radius 2 is 1.20 bits per heavy atom. The van der Waals surface area contributed by atoms with Gasteiger partial charge in [0.05, 0.1) is 16.8 Å². The molecule has 2 heterocycles. The zero-order chi connectivity index (χ0) is 24.7. The van der Waals surface area contributed by atoms with Crippen LogP contribution in [-0.2, 0) is 0 Å². The highest BCUT2D eigenvalue weighted by atomic mass is 16.2. The van der Waals surface area contributed by atoms with Gasteiger partial charge in [0.1, 0.15) is 0 Å². The standard InChI is InChI=1S/C28H21N3O4/c1-18-25(23-17-29(19(2)32)24-16-10-9-15-22(23)24)28(35)31(27(34)21-13-7-4-8-14-21)30(18)26(33)20-11-5-3-6-12-20/h3-17H,1-2H3. The van der Waals surface area contributed by atoms with Gasteiger partial charge in [-0.1, -0.05) is 54.6 Å². The monoisotopic (exact) mass is 463 g/mol. The number of hydrogen-bond donors (Lipinski definition) is 0. The molecule has 3 aromatic carbocycles. The normalized spacial score (nSPS) is 11.0. The minimum Gasteiger partial charge on any atom is -0.287 e. The maximum atomic E-state index is 13.9. The lowest BCUT2D eigenvalue weighted by Gasteiger charge is -2.11. The molecule has 0 spiro atoms. The first-order valence-corrected chi connectivity index (χ1v) is 11.1. The molecule has 0 atom stereocenters. The molecule has 0 unspecified atom stereocenters. The molecule has 0 saturated carbocycles. The largest absolute Gasteiger partial charge is 0.287 e. The molecule has 0 radical (unpaired) electrons. The van der Waals surface area contributed by atoms with E-state index >= 15 is 0 Å². The number of rotatable bonds is 3. The van der Waals surface area contributed by atoms with Crippen LogP contribution < -0.4 is 5.56 Å². The number of fused-ring (bicyclic) bond motifs is 1. The smallest absolute Gasteiger partial charge is 0.282 e. The summed E-state index contributed by atoms with van der Waals surface area (Å²) in [5.74, 6) is -1.35. The van der Waals surface area contributed by atoms with Crippen LogP contribution in [0.15, 0.2) is 95.9 Å². The lowest BCUT2D eigenvalue weighted by Crippen LogP contribution is -2.34. The number of carbonyl (C=O) groups excluding carboxylic acids is 3. The summed E-state index contributed by atoms with van der Waals surface area (Å²) >= 11 is 0. The average Bonchev–Trinajstić information content (AvgIpc) is 3.38. The molecule has 7 nitrogen and oxygen atoms in total. The van der Waals surface area contributed by atoms with E-state index in [1.54, 1.807) is 85.9 Å². The van der Waals surface area contributed by atoms with Crippen molar-refractivity contribution in [3.8, 4) is 11.1 Å². The second-order valence-corrected chi connectivity index (χ2v) is 8.18. The van der Waals surface area contributed by atoms with Gasteiger partial charge in [-0.25, -0.2) is 4.68 Å². The van der Waals surface area contributed by atoms with Gasteiger partial charge in [-0.3, -0.25) is 23.7 Å². The van der Waals surface area contributed by atoms with E-state index in [4.69, 9.17) is 0 Å². The van der Waals surface area contributed by atoms with Crippen molar-refractivity contribution >= 4 is 28.6 Å². The number of aromatic nitrogens is 3. The Balaban J connectivity index is 1.84. The van der Waals surface area contributed by atoms with E-state index < -0.39 is 17.4 Å². The highest BCUT2D eigenvalue weighted by molar-refractivity contribution is 6.05. The molecule has 0 aliphatic heterocycles. The van der Waals surface area contributed by atoms with E-state index in [1.165, 1.54) is 11.5 Å². The number of carbonyl (C=O) groups is 3. The van der Waals surface area contributed by atoms with E-state index in [-0.39, 0.29) is 17.0 Å². The second-order valence-electron chi connectivity index (χ2n) is 8.18. The summed E-state index contributed by atoms with van der Waals surface area (Å²) in [4.78, 5) is 53.3. The molecule has 2 aromatic heterocycles. The van der Waals surface area contributed by atoms with Gasteiger partial charge in [-0.15, -0.1) is 0 Å². The van der Waals surface area contributed by atoms with Crippen LogP contribution >= 0.6 is 0 Å². The van der Waals surface area contributed by atoms with Crippen molar-refractivity contribution in [2.75, 3.05) is 0 Å². The fraction of sp³-hybridized carbons (Fsp3) is 0.0714. The summed E-state index contributed by atoms with van der Waals surface area (Å²) in [6, 6.07) is 24.0. The first-order chi connectivity index (χ1) is 16.9. The van der Waals surface area contributed by atoms with Crippen molar-refractivity contribution in [3.05, 3.63) is 118 Å². The topological polar surface area (TPSA) is 83.1 Å². The van der Waals surface area contributed by atoms with Crippen molar-refractivity contribution in [3.63, 3.8) is 0 Å². The van der Waals surface area contributed by atoms with Crippen LogP contribution in [0.2, 0.25) is 0 Å². The van der Waals surface area contributed by atoms with E-state index in [1.807, 2.05) is 12.1 Å². The molecule has 0 N–H and O–H groups in total. The van der Waals surface area contributed by atoms with Crippen molar-refractivity contribution in [2.24, 2.45) is 0 Å². The fourth-order valence-corrected chi connectivity index (χ4v) is 4.39. The van der Waals surface area contributed by atoms with E-state index in [9.17, 15) is 19.2 Å². The maximum absolute atomic E-state index is 13.9. The predicted octanol–water partition coefficient (Wildman–Crippen LogP) is 4.62. The molecule has 0 fully saturated rings. The van der Waals surface area contributed by atoms with E-state index in [0.29, 0.717) is 27.7 Å². The van der Waals surface area contributed by atoms with Crippen molar-refractivity contribution in [2.45, 2.75) is 13.8 Å². The van der Waals surface area contributed by atoms with Crippen LogP contribution in [0.4, 0.5) is 0 Å². The van der Waals surface area contributed by atoms with Gasteiger partial charge >= 0.3 is 0 Å². The highest BCUT2D eigenvalue weighted by Gasteiger charge is 2.29. The first kappa shape index (κ1) is 22.0. The van der Waals surface area contributed by atoms with Gasteiger partial charge in [-0.05, 0) is 37.3 Å². The molecule has 5 rings (SSSR count). The summed E-state index contributed by atoms with van der Waals surface area (Å²) < 4.78 is 3.47. The third-order valence-electron chi connectivity index (χ3n) is 6.03. The van der Waals surface area contributed by atoms with Gasteiger partial charge in [0.2, 0.25) is 5.91 Å². The third kappa shape index (κ3) is 3.54. The Morgan fingerprint density at radius 1 is 0.686 bits per heavy atom. The predicted molar refractivity (Wildman–Crippen MR) is 133 cm³/mol. The van der Waals surface area contributed by atoms with Crippen LogP contribution in [0.5, 0.6) is 0 Å². The minimum absolute atomic E-state index is 0.190. The molecule has 172 valence electrons. The van der Waals surface area contributed by atoms with E-state index in [2.05, 4.69) is 0 Å². The molecule has 0 bridgehead atoms. The van der Waals surface area contributed by atoms with Crippen LogP contribution in [0, 0.1) is 6.92 Å². The Labute approximate surface area is 200 Å². The summed E-state index contributed by atoms with van der Waals surface area (Å²) in [6.07, 6.45) is 1.59. The quantitative estimate of drug-likeness (QED) is 0.391. The molecular weight excluding hydrogens is 442 g/mol. The molecule has 0 saturated heterocycles. The number of hydrogen-bond acceptors (Lipinski definition) is 4. The molecular formula is C28H21N3O4. The Bertz CT molecular complexity index is 1670. The first-order valence-electron chi connectivity index (χ1n) is 11.1. The van der Waals surface area contributed by atoms with Gasteiger partial charge in [0, 0.05) is 35.2 Å². The van der Waals surface area contributed by atoms with Crippen molar-refractivity contribution in [1.29, 1.82) is 0 Å². The fourth-order valence-electron chi connectivity index (χ4n) is 4.39. The SMILES string of the molecule is CC(=O)n1cc(-c2c(C)n(C(=O)c3ccccc3)n(C(=O)c3ccccc3)c2=O)c2ccccc21. The van der Waals surface area contributed by atoms with E-state index in [0.717, 1.165) is 9.36 Å². The van der Waals surface area contributed by atoms with Crippen LogP contribution in [-0.4, -0.2) is 31.7 Å². The minimum atomic E-state index is -0.632. The molecule has 0 aliphatic rings. The van der Waals surface area contributed by atoms with Crippen molar-refractivity contribution < 1.29 is 14.4 Å². The average molecular weight is 463 g/mol. The molecule has 0 aliphatic carbocycles. The lowest BCUT2D eigenvalue weighted by molar-refractivity contribution is 0.0842. The van der Waals surface area contributed by atoms with Crippen LogP contribution in [0.1, 0.15) is 38.1 Å². The zero-order valence-electron chi connectivity index (χ0n) is 19.1. The molecule has 35 heavy (non-hydrogen) atoms. The Morgan fingerprint density at radius 3 is 1.77 bits per heavy atom. The van der Waals surface area contributed by atoms with Crippen LogP contribution in [0.3, 0.4) is 0 Å². The third-order valence-corrected chi connectivity index (χ3v) is 6.03. The zero-order valence-corrected chi connectivity index (χ0v) is 19.1. The van der Waals surface area contributed by atoms with Gasteiger partial charge in [-0.2, -0.15) is 4.68 Å². The Kier molecular flexibility index (Phi) is 5.37. The summed E-state index contributed by atoms with van der Waals surface area (Å²) in [6.45, 7) is 3.07. The lowest BCUT2D eigenvalue weighted by atomic mass is 10.1. The van der Waals surface area contributed by atoms with Gasteiger partial charge < -0.3 is 0 Å². The Hall–Kier alpha value is -4.78. The number of nitrogens with zero attached hydrogens (tertiary/aromatic N) is 3. The summed E-state index contributed by atoms with van der Waals surface area (Å²) in [5, 5.41) is 0.673. The van der Waals surface area contributed by atoms with Gasteiger partial charge in [0.25, 0.3) is 17.4 Å². The summed E-state index contributed by atoms with van der Waals surface area (Å²) in [5.41, 5.74) is 1.58.